The van der Waals surface area contributed by atoms with Crippen LogP contribution < -0.4 is 0 Å². The molecule has 0 spiro atoms. The quantitative estimate of drug-likeness (QED) is 0.639. The first-order valence-corrected chi connectivity index (χ1v) is 14.4. The van der Waals surface area contributed by atoms with Crippen LogP contribution in [0, 0.1) is 0 Å². The molecule has 1 nitrogen and oxygen atoms in total. The standard InChI is InChI=1S/2C4H9.C3H7.CH3O.Sn/c2*1-3-4-2;1-3-2;1-2;/h2*1,3-4H2,2H3;1,3H2,2H3;2H,1H2;. The van der Waals surface area contributed by atoms with Crippen molar-refractivity contribution >= 4 is 18.4 Å². The van der Waals surface area contributed by atoms with Crippen LogP contribution in [0.3, 0.4) is 0 Å². The summed E-state index contributed by atoms with van der Waals surface area (Å²) in [4.78, 5) is 0. The van der Waals surface area contributed by atoms with E-state index in [4.69, 9.17) is 0 Å². The predicted octanol–water partition coefficient (Wildman–Crippen LogP) is 3.98. The average molecular weight is 307 g/mol. The van der Waals surface area contributed by atoms with E-state index in [0.717, 1.165) is 0 Å². The molecule has 0 fully saturated rings. The zero-order valence-electron chi connectivity index (χ0n) is 10.3. The van der Waals surface area contributed by atoms with Crippen LogP contribution in [0.1, 0.15) is 52.9 Å². The zero-order chi connectivity index (χ0) is 10.9. The van der Waals surface area contributed by atoms with Crippen molar-refractivity contribution in [2.24, 2.45) is 0 Å². The van der Waals surface area contributed by atoms with E-state index in [1.165, 1.54) is 45.4 Å². The summed E-state index contributed by atoms with van der Waals surface area (Å²) in [6.45, 7) is 6.80. The average Bonchev–Trinajstić information content (AvgIpc) is 2.22. The molecule has 0 atom stereocenters. The molecule has 1 N–H and O–H groups in total. The number of aliphatic hydroxyl groups excluding tert-OH is 1. The molecule has 0 aromatic rings. The van der Waals surface area contributed by atoms with E-state index >= 15 is 0 Å². The Morgan fingerprint density at radius 3 is 1.57 bits per heavy atom. The first-order chi connectivity index (χ1) is 6.74. The van der Waals surface area contributed by atoms with E-state index in [-0.39, 0.29) is 0 Å². The van der Waals surface area contributed by atoms with Gasteiger partial charge in [-0.05, 0) is 0 Å². The van der Waals surface area contributed by atoms with Gasteiger partial charge in [-0.15, -0.1) is 0 Å². The normalized spacial score (nSPS) is 12.0. The summed E-state index contributed by atoms with van der Waals surface area (Å²) in [6, 6.07) is 0. The van der Waals surface area contributed by atoms with Crippen LogP contribution in [-0.2, 0) is 0 Å². The van der Waals surface area contributed by atoms with Crippen molar-refractivity contribution in [1.82, 2.24) is 0 Å². The maximum absolute atomic E-state index is 9.65. The Morgan fingerprint density at radius 1 is 0.786 bits per heavy atom. The topological polar surface area (TPSA) is 20.2 Å². The van der Waals surface area contributed by atoms with Gasteiger partial charge in [-0.25, -0.2) is 0 Å². The molecule has 0 aromatic heterocycles. The Balaban J connectivity index is 4.11. The fourth-order valence-electron chi connectivity index (χ4n) is 2.25. The molecule has 0 bridgehead atoms. The van der Waals surface area contributed by atoms with Gasteiger partial charge in [0, 0.05) is 0 Å². The Morgan fingerprint density at radius 2 is 1.29 bits per heavy atom. The van der Waals surface area contributed by atoms with Gasteiger partial charge in [-0.1, -0.05) is 0 Å². The first-order valence-electron chi connectivity index (χ1n) is 6.35. The van der Waals surface area contributed by atoms with Gasteiger partial charge in [0.1, 0.15) is 0 Å². The minimum atomic E-state index is -2.03. The van der Waals surface area contributed by atoms with Gasteiger partial charge in [0.15, 0.2) is 0 Å². The molecule has 2 heteroatoms. The summed E-state index contributed by atoms with van der Waals surface area (Å²) in [5, 5.41) is 9.65. The molecule has 0 aliphatic rings. The summed E-state index contributed by atoms with van der Waals surface area (Å²) < 4.78 is 4.86. The van der Waals surface area contributed by atoms with Crippen LogP contribution in [0.4, 0.5) is 0 Å². The van der Waals surface area contributed by atoms with Crippen LogP contribution in [0.2, 0.25) is 13.3 Å². The molecule has 0 aromatic carbocycles. The third-order valence-corrected chi connectivity index (χ3v) is 17.7. The fraction of sp³-hybridized carbons (Fsp3) is 1.00. The van der Waals surface area contributed by atoms with E-state index in [9.17, 15) is 5.11 Å². The molecule has 0 radical (unpaired) electrons. The molecular weight excluding hydrogens is 279 g/mol. The fourth-order valence-corrected chi connectivity index (χ4v) is 15.1. The summed E-state index contributed by atoms with van der Waals surface area (Å²) >= 11 is -2.03. The van der Waals surface area contributed by atoms with Crippen molar-refractivity contribution < 1.29 is 5.11 Å². The van der Waals surface area contributed by atoms with Crippen molar-refractivity contribution in [1.29, 1.82) is 0 Å². The second-order valence-electron chi connectivity index (χ2n) is 4.62. The van der Waals surface area contributed by atoms with E-state index in [2.05, 4.69) is 20.8 Å². The third kappa shape index (κ3) is 5.59. The Bertz CT molecular complexity index is 117. The Kier molecular flexibility index (Phi) is 9.51. The third-order valence-electron chi connectivity index (χ3n) is 3.24. The SMILES string of the molecule is CCC[CH2][Sn]([CH2]O)([CH2]CC)[CH2]CCC. The second-order valence-corrected chi connectivity index (χ2v) is 18.4. The summed E-state index contributed by atoms with van der Waals surface area (Å²) in [6.07, 6.45) is 6.62. The Labute approximate surface area is 94.2 Å². The van der Waals surface area contributed by atoms with Gasteiger partial charge in [0.25, 0.3) is 0 Å². The predicted molar refractivity (Wildman–Crippen MR) is 67.4 cm³/mol. The van der Waals surface area contributed by atoms with Crippen LogP contribution in [-0.4, -0.2) is 28.1 Å². The molecule has 0 amide bonds. The van der Waals surface area contributed by atoms with Crippen LogP contribution in [0.15, 0.2) is 0 Å². The number of rotatable bonds is 9. The van der Waals surface area contributed by atoms with Gasteiger partial charge in [-0.3, -0.25) is 0 Å². The zero-order valence-corrected chi connectivity index (χ0v) is 13.2. The second kappa shape index (κ2) is 9.02. The van der Waals surface area contributed by atoms with E-state index in [1.807, 2.05) is 0 Å². The molecule has 0 unspecified atom stereocenters. The van der Waals surface area contributed by atoms with Gasteiger partial charge >= 0.3 is 94.3 Å². The Hall–Kier alpha value is 0.759. The molecule has 86 valence electrons. The molecule has 0 heterocycles. The van der Waals surface area contributed by atoms with Crippen LogP contribution >= 0.6 is 0 Å². The first kappa shape index (κ1) is 14.8. The summed E-state index contributed by atoms with van der Waals surface area (Å²) in [5.41, 5.74) is 0. The van der Waals surface area contributed by atoms with Gasteiger partial charge in [0.05, 0.1) is 0 Å². The molecule has 0 rings (SSSR count). The minimum absolute atomic E-state index is 0.600. The van der Waals surface area contributed by atoms with Crippen molar-refractivity contribution in [3.63, 3.8) is 0 Å². The number of hydrogen-bond donors (Lipinski definition) is 1. The molecule has 0 saturated heterocycles. The molecule has 0 aliphatic carbocycles. The molecule has 0 aliphatic heterocycles. The van der Waals surface area contributed by atoms with E-state index in [1.54, 1.807) is 0 Å². The monoisotopic (exact) mass is 308 g/mol. The van der Waals surface area contributed by atoms with Crippen molar-refractivity contribution in [2.75, 3.05) is 4.62 Å². The van der Waals surface area contributed by atoms with Crippen molar-refractivity contribution in [3.8, 4) is 0 Å². The number of hydrogen-bond acceptors (Lipinski definition) is 1. The van der Waals surface area contributed by atoms with Gasteiger partial charge < -0.3 is 0 Å². The van der Waals surface area contributed by atoms with Crippen LogP contribution in [0.5, 0.6) is 0 Å². The van der Waals surface area contributed by atoms with Crippen molar-refractivity contribution in [2.45, 2.75) is 66.2 Å². The number of aliphatic hydroxyl groups is 1. The van der Waals surface area contributed by atoms with Gasteiger partial charge in [-0.2, -0.15) is 0 Å². The summed E-state index contributed by atoms with van der Waals surface area (Å²) in [7, 11) is 0. The van der Waals surface area contributed by atoms with Crippen molar-refractivity contribution in [3.05, 3.63) is 0 Å². The molecule has 14 heavy (non-hydrogen) atoms. The molecular formula is C12H28OSn. The van der Waals surface area contributed by atoms with Gasteiger partial charge in [0.2, 0.25) is 0 Å². The number of unbranched alkanes of at least 4 members (excludes halogenated alkanes) is 2. The van der Waals surface area contributed by atoms with E-state index < -0.39 is 18.4 Å². The van der Waals surface area contributed by atoms with Crippen LogP contribution in [0.25, 0.3) is 0 Å². The molecule has 0 saturated carbocycles. The summed E-state index contributed by atoms with van der Waals surface area (Å²) in [5.74, 6) is 0. The maximum atomic E-state index is 9.65. The van der Waals surface area contributed by atoms with E-state index in [0.29, 0.717) is 4.62 Å².